The normalized spacial score (nSPS) is 14.8. The molecule has 3 unspecified atom stereocenters. The summed E-state index contributed by atoms with van der Waals surface area (Å²) in [7, 11) is 0. The summed E-state index contributed by atoms with van der Waals surface area (Å²) >= 11 is 0. The molecule has 2 aromatic carbocycles. The Balaban J connectivity index is 1.97. The Hall–Kier alpha value is -1.68. The fourth-order valence-electron chi connectivity index (χ4n) is 3.15. The maximum atomic E-state index is 10.5. The maximum absolute atomic E-state index is 10.5. The van der Waals surface area contributed by atoms with Crippen molar-refractivity contribution in [2.24, 2.45) is 0 Å². The smallest absolute Gasteiger partial charge is 0.0849 e. The molecule has 0 aliphatic rings. The molecule has 0 aromatic heterocycles. The average molecular weight is 342 g/mol. The van der Waals surface area contributed by atoms with Gasteiger partial charge in [-0.25, -0.2) is 0 Å². The fraction of sp³-hybridized carbons (Fsp3) is 0.455. The van der Waals surface area contributed by atoms with Gasteiger partial charge in [-0.2, -0.15) is 0 Å². The van der Waals surface area contributed by atoms with E-state index in [1.165, 1.54) is 0 Å². The lowest BCUT2D eigenvalue weighted by molar-refractivity contribution is -0.0305. The number of rotatable bonds is 11. The van der Waals surface area contributed by atoms with Crippen molar-refractivity contribution in [2.75, 3.05) is 13.2 Å². The molecule has 0 spiro atoms. The van der Waals surface area contributed by atoms with E-state index in [0.29, 0.717) is 26.1 Å². The van der Waals surface area contributed by atoms with Crippen LogP contribution in [0.15, 0.2) is 60.7 Å². The molecule has 0 aliphatic heterocycles. The number of benzene rings is 2. The molecule has 0 bridgehead atoms. The number of aliphatic hydroxyl groups is 1. The van der Waals surface area contributed by atoms with Gasteiger partial charge in [0.1, 0.15) is 0 Å². The van der Waals surface area contributed by atoms with Crippen LogP contribution in [0.5, 0.6) is 0 Å². The van der Waals surface area contributed by atoms with Crippen molar-refractivity contribution >= 4 is 0 Å². The summed E-state index contributed by atoms with van der Waals surface area (Å²) < 4.78 is 11.9. The highest BCUT2D eigenvalue weighted by Crippen LogP contribution is 2.26. The van der Waals surface area contributed by atoms with E-state index >= 15 is 0 Å². The standard InChI is InChI=1S/C22H30O3/c1-3-24-21(16-20(23)15-18-11-7-5-8-12-18)17-22(25-4-2)19-13-9-6-10-14-19/h5-14,20-23H,3-4,15-17H2,1-2H3. The van der Waals surface area contributed by atoms with Gasteiger partial charge in [-0.15, -0.1) is 0 Å². The number of hydrogen-bond donors (Lipinski definition) is 1. The van der Waals surface area contributed by atoms with Crippen LogP contribution in [0.2, 0.25) is 0 Å². The Morgan fingerprint density at radius 1 is 0.800 bits per heavy atom. The van der Waals surface area contributed by atoms with Crippen molar-refractivity contribution in [3.8, 4) is 0 Å². The van der Waals surface area contributed by atoms with Gasteiger partial charge in [-0.3, -0.25) is 0 Å². The highest BCUT2D eigenvalue weighted by atomic mass is 16.5. The molecular formula is C22H30O3. The second-order valence-electron chi connectivity index (χ2n) is 6.25. The predicted molar refractivity (Wildman–Crippen MR) is 102 cm³/mol. The Morgan fingerprint density at radius 2 is 1.40 bits per heavy atom. The summed E-state index contributed by atoms with van der Waals surface area (Å²) in [5, 5.41) is 10.5. The second-order valence-corrected chi connectivity index (χ2v) is 6.25. The Labute approximate surface area is 151 Å². The molecule has 2 rings (SSSR count). The monoisotopic (exact) mass is 342 g/mol. The van der Waals surface area contributed by atoms with Crippen molar-refractivity contribution in [1.82, 2.24) is 0 Å². The third-order valence-electron chi connectivity index (χ3n) is 4.27. The molecular weight excluding hydrogens is 312 g/mol. The molecule has 2 aromatic rings. The van der Waals surface area contributed by atoms with E-state index in [9.17, 15) is 5.11 Å². The summed E-state index contributed by atoms with van der Waals surface area (Å²) in [6, 6.07) is 20.3. The summed E-state index contributed by atoms with van der Waals surface area (Å²) in [5.74, 6) is 0. The van der Waals surface area contributed by atoms with E-state index in [1.54, 1.807) is 0 Å². The van der Waals surface area contributed by atoms with Gasteiger partial charge in [0.15, 0.2) is 0 Å². The van der Waals surface area contributed by atoms with E-state index in [2.05, 4.69) is 12.1 Å². The van der Waals surface area contributed by atoms with Gasteiger partial charge in [0.05, 0.1) is 18.3 Å². The summed E-state index contributed by atoms with van der Waals surface area (Å²) in [6.45, 7) is 5.30. The van der Waals surface area contributed by atoms with E-state index < -0.39 is 6.10 Å². The fourth-order valence-corrected chi connectivity index (χ4v) is 3.15. The molecule has 1 N–H and O–H groups in total. The molecule has 0 saturated heterocycles. The van der Waals surface area contributed by atoms with Crippen LogP contribution in [0.25, 0.3) is 0 Å². The molecule has 0 heterocycles. The van der Waals surface area contributed by atoms with Gasteiger partial charge in [0, 0.05) is 19.6 Å². The van der Waals surface area contributed by atoms with Crippen LogP contribution in [0, 0.1) is 0 Å². The predicted octanol–water partition coefficient (Wildman–Crippen LogP) is 4.55. The lowest BCUT2D eigenvalue weighted by Gasteiger charge is -2.26. The number of ether oxygens (including phenoxy) is 2. The van der Waals surface area contributed by atoms with Crippen molar-refractivity contribution in [1.29, 1.82) is 0 Å². The lowest BCUT2D eigenvalue weighted by Crippen LogP contribution is -2.25. The average Bonchev–Trinajstić information content (AvgIpc) is 2.63. The summed E-state index contributed by atoms with van der Waals surface area (Å²) in [6.07, 6.45) is 1.55. The minimum Gasteiger partial charge on any atom is -0.393 e. The minimum absolute atomic E-state index is 0.00771. The van der Waals surface area contributed by atoms with Crippen LogP contribution in [-0.2, 0) is 15.9 Å². The van der Waals surface area contributed by atoms with Crippen LogP contribution in [-0.4, -0.2) is 30.5 Å². The topological polar surface area (TPSA) is 38.7 Å². The zero-order chi connectivity index (χ0) is 17.9. The van der Waals surface area contributed by atoms with Crippen LogP contribution < -0.4 is 0 Å². The first-order valence-electron chi connectivity index (χ1n) is 9.23. The SMILES string of the molecule is CCOC(CC(O)Cc1ccccc1)CC(OCC)c1ccccc1. The quantitative estimate of drug-likeness (QED) is 0.651. The first-order chi connectivity index (χ1) is 12.2. The van der Waals surface area contributed by atoms with Gasteiger partial charge in [-0.05, 0) is 37.8 Å². The van der Waals surface area contributed by atoms with Gasteiger partial charge in [0.25, 0.3) is 0 Å². The van der Waals surface area contributed by atoms with Crippen LogP contribution >= 0.6 is 0 Å². The molecule has 0 saturated carbocycles. The van der Waals surface area contributed by atoms with Crippen molar-refractivity contribution in [3.05, 3.63) is 71.8 Å². The molecule has 25 heavy (non-hydrogen) atoms. The molecule has 0 aliphatic carbocycles. The molecule has 0 radical (unpaired) electrons. The van der Waals surface area contributed by atoms with Gasteiger partial charge in [-0.1, -0.05) is 60.7 Å². The zero-order valence-electron chi connectivity index (χ0n) is 15.3. The van der Waals surface area contributed by atoms with Crippen LogP contribution in [0.4, 0.5) is 0 Å². The molecule has 0 amide bonds. The first kappa shape index (κ1) is 19.6. The van der Waals surface area contributed by atoms with E-state index in [0.717, 1.165) is 17.5 Å². The largest absolute Gasteiger partial charge is 0.393 e. The Morgan fingerprint density at radius 3 is 2.00 bits per heavy atom. The van der Waals surface area contributed by atoms with Crippen molar-refractivity contribution in [2.45, 2.75) is 51.4 Å². The van der Waals surface area contributed by atoms with Gasteiger partial charge < -0.3 is 14.6 Å². The van der Waals surface area contributed by atoms with E-state index in [1.807, 2.05) is 62.4 Å². The molecule has 136 valence electrons. The van der Waals surface area contributed by atoms with E-state index in [4.69, 9.17) is 9.47 Å². The highest BCUT2D eigenvalue weighted by Gasteiger charge is 2.21. The first-order valence-corrected chi connectivity index (χ1v) is 9.23. The summed E-state index contributed by atoms with van der Waals surface area (Å²) in [5.41, 5.74) is 2.31. The second kappa shape index (κ2) is 11.0. The van der Waals surface area contributed by atoms with Crippen LogP contribution in [0.1, 0.15) is 43.9 Å². The lowest BCUT2D eigenvalue weighted by atomic mass is 9.97. The highest BCUT2D eigenvalue weighted by molar-refractivity contribution is 5.18. The Bertz CT molecular complexity index is 570. The van der Waals surface area contributed by atoms with Crippen molar-refractivity contribution in [3.63, 3.8) is 0 Å². The third-order valence-corrected chi connectivity index (χ3v) is 4.27. The minimum atomic E-state index is -0.419. The van der Waals surface area contributed by atoms with Crippen molar-refractivity contribution < 1.29 is 14.6 Å². The van der Waals surface area contributed by atoms with Gasteiger partial charge >= 0.3 is 0 Å². The third kappa shape index (κ3) is 6.99. The Kier molecular flexibility index (Phi) is 8.67. The molecule has 3 atom stereocenters. The number of aliphatic hydroxyl groups excluding tert-OH is 1. The molecule has 3 heteroatoms. The molecule has 0 fully saturated rings. The zero-order valence-corrected chi connectivity index (χ0v) is 15.3. The number of hydrogen-bond acceptors (Lipinski definition) is 3. The molecule has 3 nitrogen and oxygen atoms in total. The van der Waals surface area contributed by atoms with Gasteiger partial charge in [0.2, 0.25) is 0 Å². The summed E-state index contributed by atoms with van der Waals surface area (Å²) in [4.78, 5) is 0. The van der Waals surface area contributed by atoms with E-state index in [-0.39, 0.29) is 12.2 Å². The maximum Gasteiger partial charge on any atom is 0.0849 e. The van der Waals surface area contributed by atoms with Crippen LogP contribution in [0.3, 0.4) is 0 Å².